The molecule has 0 spiro atoms. The number of hydrogen-bond acceptors (Lipinski definition) is 3. The summed E-state index contributed by atoms with van der Waals surface area (Å²) in [6.07, 6.45) is 3.48. The molecule has 0 amide bonds. The second-order valence-electron chi connectivity index (χ2n) is 3.44. The van der Waals surface area contributed by atoms with Crippen LogP contribution in [0.2, 0.25) is 0 Å². The zero-order valence-electron chi connectivity index (χ0n) is 8.72. The number of rotatable bonds is 2. The van der Waals surface area contributed by atoms with E-state index in [-0.39, 0.29) is 0 Å². The van der Waals surface area contributed by atoms with Crippen LogP contribution >= 0.6 is 0 Å². The third-order valence-electron chi connectivity index (χ3n) is 2.39. The van der Waals surface area contributed by atoms with Gasteiger partial charge in [-0.05, 0) is 17.7 Å². The van der Waals surface area contributed by atoms with Crippen LogP contribution in [0.15, 0.2) is 42.7 Å². The quantitative estimate of drug-likeness (QED) is 0.823. The van der Waals surface area contributed by atoms with Crippen molar-refractivity contribution in [3.63, 3.8) is 0 Å². The van der Waals surface area contributed by atoms with Gasteiger partial charge in [0.25, 0.3) is 0 Å². The van der Waals surface area contributed by atoms with E-state index in [2.05, 4.69) is 11.1 Å². The number of hydrogen-bond donors (Lipinski definition) is 1. The van der Waals surface area contributed by atoms with Crippen LogP contribution in [0.5, 0.6) is 0 Å². The molecule has 0 radical (unpaired) electrons. The first-order valence-corrected chi connectivity index (χ1v) is 4.98. The van der Waals surface area contributed by atoms with Crippen LogP contribution in [0.3, 0.4) is 0 Å². The van der Waals surface area contributed by atoms with Gasteiger partial charge in [-0.1, -0.05) is 18.2 Å². The van der Waals surface area contributed by atoms with Crippen molar-refractivity contribution in [2.24, 2.45) is 5.73 Å². The van der Waals surface area contributed by atoms with Gasteiger partial charge in [0.05, 0.1) is 11.6 Å². The Morgan fingerprint density at radius 1 is 1.25 bits per heavy atom. The van der Waals surface area contributed by atoms with E-state index >= 15 is 0 Å². The van der Waals surface area contributed by atoms with E-state index in [4.69, 9.17) is 11.0 Å². The summed E-state index contributed by atoms with van der Waals surface area (Å²) < 4.78 is 0. The number of nitrogens with zero attached hydrogens (tertiary/aromatic N) is 2. The Bertz CT molecular complexity index is 541. The van der Waals surface area contributed by atoms with Crippen LogP contribution in [0.4, 0.5) is 0 Å². The Morgan fingerprint density at radius 2 is 2.06 bits per heavy atom. The van der Waals surface area contributed by atoms with Gasteiger partial charge in [-0.25, -0.2) is 0 Å². The first-order chi connectivity index (χ1) is 7.85. The normalized spacial score (nSPS) is 9.75. The zero-order valence-corrected chi connectivity index (χ0v) is 8.72. The smallest absolute Gasteiger partial charge is 0.0998 e. The molecule has 16 heavy (non-hydrogen) atoms. The second-order valence-corrected chi connectivity index (χ2v) is 3.44. The summed E-state index contributed by atoms with van der Waals surface area (Å²) in [5, 5.41) is 9.01. The lowest BCUT2D eigenvalue weighted by molar-refractivity contribution is 1.05. The highest BCUT2D eigenvalue weighted by Gasteiger charge is 2.04. The molecule has 0 saturated carbocycles. The molecule has 0 fully saturated rings. The van der Waals surface area contributed by atoms with Gasteiger partial charge < -0.3 is 5.73 Å². The number of nitriles is 1. The maximum absolute atomic E-state index is 9.01. The van der Waals surface area contributed by atoms with Gasteiger partial charge in [0.1, 0.15) is 0 Å². The molecule has 0 bridgehead atoms. The Kier molecular flexibility index (Phi) is 2.95. The predicted molar refractivity (Wildman–Crippen MR) is 62.3 cm³/mol. The van der Waals surface area contributed by atoms with E-state index in [1.807, 2.05) is 24.3 Å². The molecule has 1 aromatic carbocycles. The molecule has 0 unspecified atom stereocenters. The highest BCUT2D eigenvalue weighted by molar-refractivity contribution is 5.70. The van der Waals surface area contributed by atoms with Gasteiger partial charge in [-0.2, -0.15) is 5.26 Å². The van der Waals surface area contributed by atoms with E-state index < -0.39 is 0 Å². The van der Waals surface area contributed by atoms with Gasteiger partial charge in [0, 0.05) is 30.1 Å². The van der Waals surface area contributed by atoms with E-state index in [9.17, 15) is 0 Å². The van der Waals surface area contributed by atoms with E-state index in [1.54, 1.807) is 18.5 Å². The molecule has 0 atom stereocenters. The van der Waals surface area contributed by atoms with Gasteiger partial charge in [-0.3, -0.25) is 4.98 Å². The summed E-state index contributed by atoms with van der Waals surface area (Å²) >= 11 is 0. The summed E-state index contributed by atoms with van der Waals surface area (Å²) in [5.74, 6) is 0. The summed E-state index contributed by atoms with van der Waals surface area (Å²) in [4.78, 5) is 4.12. The van der Waals surface area contributed by atoms with E-state index in [0.717, 1.165) is 16.7 Å². The molecule has 2 N–H and O–H groups in total. The number of nitrogens with two attached hydrogens (primary N) is 1. The van der Waals surface area contributed by atoms with Crippen LogP contribution < -0.4 is 5.73 Å². The van der Waals surface area contributed by atoms with Gasteiger partial charge in [-0.15, -0.1) is 0 Å². The van der Waals surface area contributed by atoms with E-state index in [0.29, 0.717) is 12.1 Å². The lowest BCUT2D eigenvalue weighted by Gasteiger charge is -2.04. The fourth-order valence-corrected chi connectivity index (χ4v) is 1.58. The lowest BCUT2D eigenvalue weighted by atomic mass is 10.0. The Morgan fingerprint density at radius 3 is 2.81 bits per heavy atom. The maximum atomic E-state index is 9.01. The van der Waals surface area contributed by atoms with Crippen LogP contribution in [-0.2, 0) is 6.54 Å². The van der Waals surface area contributed by atoms with E-state index in [1.165, 1.54) is 0 Å². The third-order valence-corrected chi connectivity index (χ3v) is 2.39. The average molecular weight is 209 g/mol. The van der Waals surface area contributed by atoms with Crippen molar-refractivity contribution in [2.45, 2.75) is 6.54 Å². The minimum absolute atomic E-state index is 0.454. The van der Waals surface area contributed by atoms with Crippen molar-refractivity contribution in [3.05, 3.63) is 53.9 Å². The SMILES string of the molecule is N#Cc1ccccc1-c1cncc(CN)c1. The molecule has 3 nitrogen and oxygen atoms in total. The molecular weight excluding hydrogens is 198 g/mol. The highest BCUT2D eigenvalue weighted by atomic mass is 14.6. The number of pyridine rings is 1. The van der Waals surface area contributed by atoms with Crippen molar-refractivity contribution < 1.29 is 0 Å². The van der Waals surface area contributed by atoms with Crippen LogP contribution in [0.25, 0.3) is 11.1 Å². The largest absolute Gasteiger partial charge is 0.326 e. The molecule has 0 aliphatic rings. The Balaban J connectivity index is 2.55. The van der Waals surface area contributed by atoms with Crippen molar-refractivity contribution in [2.75, 3.05) is 0 Å². The van der Waals surface area contributed by atoms with Crippen molar-refractivity contribution >= 4 is 0 Å². The molecule has 0 aliphatic heterocycles. The molecule has 1 heterocycles. The van der Waals surface area contributed by atoms with Crippen LogP contribution in [0, 0.1) is 11.3 Å². The fraction of sp³-hybridized carbons (Fsp3) is 0.0769. The summed E-state index contributed by atoms with van der Waals surface area (Å²) in [6, 6.07) is 11.6. The summed E-state index contributed by atoms with van der Waals surface area (Å²) in [5.41, 5.74) is 9.00. The van der Waals surface area contributed by atoms with Crippen LogP contribution in [-0.4, -0.2) is 4.98 Å². The topological polar surface area (TPSA) is 62.7 Å². The zero-order chi connectivity index (χ0) is 11.4. The second kappa shape index (κ2) is 4.56. The standard InChI is InChI=1S/C13H11N3/c14-6-10-5-12(9-16-8-10)13-4-2-1-3-11(13)7-15/h1-5,8-9H,6,14H2. The first-order valence-electron chi connectivity index (χ1n) is 4.98. The molecule has 0 aliphatic carbocycles. The van der Waals surface area contributed by atoms with Gasteiger partial charge in [0.2, 0.25) is 0 Å². The minimum atomic E-state index is 0.454. The molecule has 1 aromatic heterocycles. The van der Waals surface area contributed by atoms with Crippen LogP contribution in [0.1, 0.15) is 11.1 Å². The number of aromatic nitrogens is 1. The number of benzene rings is 1. The molecular formula is C13H11N3. The fourth-order valence-electron chi connectivity index (χ4n) is 1.58. The average Bonchev–Trinajstić information content (AvgIpc) is 2.38. The van der Waals surface area contributed by atoms with Gasteiger partial charge in [0.15, 0.2) is 0 Å². The predicted octanol–water partition coefficient (Wildman–Crippen LogP) is 2.08. The summed E-state index contributed by atoms with van der Waals surface area (Å²) in [7, 11) is 0. The molecule has 0 saturated heterocycles. The molecule has 2 rings (SSSR count). The Hall–Kier alpha value is -2.18. The van der Waals surface area contributed by atoms with Crippen molar-refractivity contribution in [1.82, 2.24) is 4.98 Å². The highest BCUT2D eigenvalue weighted by Crippen LogP contribution is 2.22. The lowest BCUT2D eigenvalue weighted by Crippen LogP contribution is -1.97. The first kappa shape index (κ1) is 10.3. The van der Waals surface area contributed by atoms with Crippen molar-refractivity contribution in [1.29, 1.82) is 5.26 Å². The minimum Gasteiger partial charge on any atom is -0.326 e. The third kappa shape index (κ3) is 1.92. The monoisotopic (exact) mass is 209 g/mol. The van der Waals surface area contributed by atoms with Gasteiger partial charge >= 0.3 is 0 Å². The maximum Gasteiger partial charge on any atom is 0.0998 e. The summed E-state index contributed by atoms with van der Waals surface area (Å²) in [6.45, 7) is 0.454. The van der Waals surface area contributed by atoms with Crippen molar-refractivity contribution in [3.8, 4) is 17.2 Å². The molecule has 3 heteroatoms. The molecule has 2 aromatic rings. The Labute approximate surface area is 94.2 Å². The molecule has 78 valence electrons.